The van der Waals surface area contributed by atoms with Crippen molar-refractivity contribution >= 4 is 24.4 Å². The van der Waals surface area contributed by atoms with E-state index >= 15 is 0 Å². The Morgan fingerprint density at radius 2 is 1.70 bits per heavy atom. The van der Waals surface area contributed by atoms with Crippen molar-refractivity contribution in [2.24, 2.45) is 11.8 Å². The maximum absolute atomic E-state index is 5.24. The van der Waals surface area contributed by atoms with E-state index in [0.717, 1.165) is 5.92 Å². The molecule has 0 saturated carbocycles. The third kappa shape index (κ3) is 5.48. The molecule has 0 bridgehead atoms. The predicted molar refractivity (Wildman–Crippen MR) is 53.5 cm³/mol. The molecule has 0 fully saturated rings. The maximum atomic E-state index is 5.24. The van der Waals surface area contributed by atoms with Crippen molar-refractivity contribution in [3.8, 4) is 0 Å². The quantitative estimate of drug-likeness (QED) is 0.633. The maximum Gasteiger partial charge on any atom is 0.0629 e. The predicted octanol–water partition coefficient (Wildman–Crippen LogP) is 3.56. The summed E-state index contributed by atoms with van der Waals surface area (Å²) in [4.78, 5) is 0. The van der Waals surface area contributed by atoms with Crippen LogP contribution in [0.3, 0.4) is 0 Å². The molecule has 1 unspecified atom stereocenters. The Bertz CT molecular complexity index is 79.3. The average molecular weight is 177 g/mol. The van der Waals surface area contributed by atoms with Crippen molar-refractivity contribution in [3.63, 3.8) is 0 Å². The van der Waals surface area contributed by atoms with Crippen LogP contribution in [-0.2, 0) is 0 Å². The fraction of sp³-hybridized carbons (Fsp3) is 1.00. The molecule has 61 valence electrons. The summed E-state index contributed by atoms with van der Waals surface area (Å²) >= 11 is 7.15. The van der Waals surface area contributed by atoms with Gasteiger partial charge in [-0.2, -0.15) is 0 Å². The van der Waals surface area contributed by atoms with Crippen LogP contribution in [0.2, 0.25) is 0 Å². The first-order chi connectivity index (χ1) is 4.54. The van der Waals surface area contributed by atoms with Gasteiger partial charge in [0.25, 0.3) is 0 Å². The SMILES string of the molecule is CC(C)CSC([S])C(C)C. The summed E-state index contributed by atoms with van der Waals surface area (Å²) < 4.78 is 0.405. The second kappa shape index (κ2) is 5.36. The van der Waals surface area contributed by atoms with Gasteiger partial charge in [0.1, 0.15) is 0 Å². The normalized spacial score (nSPS) is 14.7. The zero-order chi connectivity index (χ0) is 8.15. The second-order valence-electron chi connectivity index (χ2n) is 3.34. The molecule has 0 nitrogen and oxygen atoms in total. The van der Waals surface area contributed by atoms with E-state index < -0.39 is 0 Å². The van der Waals surface area contributed by atoms with E-state index in [2.05, 4.69) is 27.7 Å². The summed E-state index contributed by atoms with van der Waals surface area (Å²) in [6, 6.07) is 0. The molecule has 0 rings (SSSR count). The molecule has 2 heteroatoms. The number of hydrogen-bond donors (Lipinski definition) is 0. The highest BCUT2D eigenvalue weighted by Crippen LogP contribution is 2.24. The van der Waals surface area contributed by atoms with Gasteiger partial charge in [-0.05, 0) is 17.6 Å². The second-order valence-corrected chi connectivity index (χ2v) is 5.32. The molecule has 0 aliphatic carbocycles. The minimum Gasteiger partial charge on any atom is -0.146 e. The number of rotatable bonds is 4. The third-order valence-electron chi connectivity index (χ3n) is 1.14. The summed E-state index contributed by atoms with van der Waals surface area (Å²) in [6.07, 6.45) is 0. The number of thioether (sulfide) groups is 1. The molecule has 0 heterocycles. The van der Waals surface area contributed by atoms with E-state index in [1.54, 1.807) is 0 Å². The van der Waals surface area contributed by atoms with Crippen LogP contribution >= 0.6 is 24.4 Å². The van der Waals surface area contributed by atoms with Gasteiger partial charge >= 0.3 is 0 Å². The van der Waals surface area contributed by atoms with Gasteiger partial charge in [0.2, 0.25) is 0 Å². The fourth-order valence-electron chi connectivity index (χ4n) is 0.480. The van der Waals surface area contributed by atoms with Crippen molar-refractivity contribution in [2.45, 2.75) is 32.3 Å². The average Bonchev–Trinajstić information content (AvgIpc) is 1.82. The molecule has 0 aliphatic rings. The van der Waals surface area contributed by atoms with Gasteiger partial charge < -0.3 is 0 Å². The van der Waals surface area contributed by atoms with Crippen LogP contribution in [0, 0.1) is 11.8 Å². The van der Waals surface area contributed by atoms with Gasteiger partial charge in [0.15, 0.2) is 0 Å². The third-order valence-corrected chi connectivity index (χ3v) is 3.82. The van der Waals surface area contributed by atoms with E-state index in [0.29, 0.717) is 10.5 Å². The van der Waals surface area contributed by atoms with E-state index in [4.69, 9.17) is 12.6 Å². The molecule has 0 saturated heterocycles. The molecule has 0 spiro atoms. The van der Waals surface area contributed by atoms with Crippen molar-refractivity contribution < 1.29 is 0 Å². The molecule has 0 aliphatic heterocycles. The molecule has 1 radical (unpaired) electrons. The van der Waals surface area contributed by atoms with Gasteiger partial charge in [0, 0.05) is 0 Å². The Morgan fingerprint density at radius 3 is 2.00 bits per heavy atom. The highest BCUT2D eigenvalue weighted by Gasteiger charge is 2.09. The zero-order valence-corrected chi connectivity index (χ0v) is 8.89. The Labute approximate surface area is 74.6 Å². The lowest BCUT2D eigenvalue weighted by Crippen LogP contribution is -2.05. The Morgan fingerprint density at radius 1 is 1.20 bits per heavy atom. The Kier molecular flexibility index (Phi) is 5.74. The minimum absolute atomic E-state index is 0.405. The smallest absolute Gasteiger partial charge is 0.0629 e. The van der Waals surface area contributed by atoms with Crippen LogP contribution in [0.25, 0.3) is 0 Å². The van der Waals surface area contributed by atoms with Crippen LogP contribution in [0.5, 0.6) is 0 Å². The van der Waals surface area contributed by atoms with Crippen molar-refractivity contribution in [2.75, 3.05) is 5.75 Å². The molecular weight excluding hydrogens is 160 g/mol. The lowest BCUT2D eigenvalue weighted by Gasteiger charge is -2.13. The van der Waals surface area contributed by atoms with E-state index in [9.17, 15) is 0 Å². The first-order valence-electron chi connectivity index (χ1n) is 3.81. The summed E-state index contributed by atoms with van der Waals surface area (Å²) in [7, 11) is 0. The van der Waals surface area contributed by atoms with Crippen LogP contribution < -0.4 is 0 Å². The lowest BCUT2D eigenvalue weighted by atomic mass is 10.3. The monoisotopic (exact) mass is 177 g/mol. The van der Waals surface area contributed by atoms with Gasteiger partial charge in [-0.1, -0.05) is 40.3 Å². The van der Waals surface area contributed by atoms with Gasteiger partial charge in [-0.15, -0.1) is 11.8 Å². The molecule has 0 N–H and O–H groups in total. The Balaban J connectivity index is 3.30. The zero-order valence-electron chi connectivity index (χ0n) is 7.26. The molecule has 0 aromatic heterocycles. The van der Waals surface area contributed by atoms with Gasteiger partial charge in [0.05, 0.1) is 4.58 Å². The van der Waals surface area contributed by atoms with Gasteiger partial charge in [-0.25, -0.2) is 0 Å². The minimum atomic E-state index is 0.405. The van der Waals surface area contributed by atoms with E-state index in [1.165, 1.54) is 5.75 Å². The van der Waals surface area contributed by atoms with Crippen molar-refractivity contribution in [1.29, 1.82) is 0 Å². The van der Waals surface area contributed by atoms with E-state index in [1.807, 2.05) is 11.8 Å². The molecule has 0 aromatic rings. The molecule has 10 heavy (non-hydrogen) atoms. The van der Waals surface area contributed by atoms with Crippen molar-refractivity contribution in [1.82, 2.24) is 0 Å². The molecule has 0 amide bonds. The van der Waals surface area contributed by atoms with Crippen LogP contribution in [0.1, 0.15) is 27.7 Å². The van der Waals surface area contributed by atoms with Crippen LogP contribution in [0.4, 0.5) is 0 Å². The first-order valence-corrected chi connectivity index (χ1v) is 5.33. The Hall–Kier alpha value is 0.700. The molecular formula is C8H17S2. The van der Waals surface area contributed by atoms with Crippen molar-refractivity contribution in [3.05, 3.63) is 0 Å². The lowest BCUT2D eigenvalue weighted by molar-refractivity contribution is 0.711. The standard InChI is InChI=1S/C8H17S2/c1-6(2)5-10-8(9)7(3)4/h6-8H,5H2,1-4H3. The summed E-state index contributed by atoms with van der Waals surface area (Å²) in [5.41, 5.74) is 0. The topological polar surface area (TPSA) is 0 Å². The summed E-state index contributed by atoms with van der Waals surface area (Å²) in [6.45, 7) is 8.83. The summed E-state index contributed by atoms with van der Waals surface area (Å²) in [5, 5.41) is 0. The van der Waals surface area contributed by atoms with Gasteiger partial charge in [-0.3, -0.25) is 0 Å². The first kappa shape index (κ1) is 10.7. The largest absolute Gasteiger partial charge is 0.146 e. The highest BCUT2D eigenvalue weighted by atomic mass is 32.2. The van der Waals surface area contributed by atoms with E-state index in [-0.39, 0.29) is 0 Å². The number of hydrogen-bond acceptors (Lipinski definition) is 1. The molecule has 1 atom stereocenters. The molecule has 0 aromatic carbocycles. The fourth-order valence-corrected chi connectivity index (χ4v) is 1.67. The summed E-state index contributed by atoms with van der Waals surface area (Å²) in [5.74, 6) is 2.61. The van der Waals surface area contributed by atoms with Crippen LogP contribution in [-0.4, -0.2) is 10.3 Å². The van der Waals surface area contributed by atoms with Crippen LogP contribution in [0.15, 0.2) is 0 Å². The highest BCUT2D eigenvalue weighted by molar-refractivity contribution is 8.10.